The van der Waals surface area contributed by atoms with Crippen molar-refractivity contribution in [3.8, 4) is 28.8 Å². The SMILES string of the molecule is N#CCOc1ccc(/C=C/C(=O)Nc2nc(-c3ccccc3OC(F)F)cs2)cc1. The Kier molecular flexibility index (Phi) is 7.08. The van der Waals surface area contributed by atoms with Crippen molar-refractivity contribution in [3.05, 3.63) is 65.6 Å². The van der Waals surface area contributed by atoms with E-state index < -0.39 is 12.5 Å². The smallest absolute Gasteiger partial charge is 0.387 e. The van der Waals surface area contributed by atoms with Gasteiger partial charge in [-0.1, -0.05) is 24.3 Å². The van der Waals surface area contributed by atoms with E-state index in [9.17, 15) is 13.6 Å². The molecule has 1 heterocycles. The lowest BCUT2D eigenvalue weighted by atomic mass is 10.1. The second-order valence-corrected chi connectivity index (χ2v) is 6.61. The molecule has 0 fully saturated rings. The third-order valence-corrected chi connectivity index (χ3v) is 4.48. The van der Waals surface area contributed by atoms with Crippen molar-refractivity contribution in [1.82, 2.24) is 4.98 Å². The topological polar surface area (TPSA) is 84.2 Å². The highest BCUT2D eigenvalue weighted by Gasteiger charge is 2.14. The fourth-order valence-corrected chi connectivity index (χ4v) is 3.16. The Balaban J connectivity index is 1.63. The number of para-hydroxylation sites is 1. The van der Waals surface area contributed by atoms with Crippen LogP contribution in [-0.4, -0.2) is 24.1 Å². The molecule has 2 aromatic carbocycles. The predicted molar refractivity (Wildman–Crippen MR) is 109 cm³/mol. The van der Waals surface area contributed by atoms with Gasteiger partial charge in [0, 0.05) is 17.0 Å². The molecule has 0 unspecified atom stereocenters. The van der Waals surface area contributed by atoms with Gasteiger partial charge in [0.2, 0.25) is 5.91 Å². The van der Waals surface area contributed by atoms with Crippen LogP contribution in [0.3, 0.4) is 0 Å². The molecule has 0 aliphatic carbocycles. The Morgan fingerprint density at radius 2 is 2.00 bits per heavy atom. The summed E-state index contributed by atoms with van der Waals surface area (Å²) in [7, 11) is 0. The maximum absolute atomic E-state index is 12.6. The monoisotopic (exact) mass is 427 g/mol. The molecule has 0 atom stereocenters. The number of benzene rings is 2. The molecule has 0 aliphatic rings. The van der Waals surface area contributed by atoms with Gasteiger partial charge in [0.05, 0.1) is 5.69 Å². The van der Waals surface area contributed by atoms with Crippen LogP contribution in [0.4, 0.5) is 13.9 Å². The predicted octanol–water partition coefficient (Wildman–Crippen LogP) is 4.97. The van der Waals surface area contributed by atoms with Gasteiger partial charge < -0.3 is 9.47 Å². The second kappa shape index (κ2) is 10.1. The fraction of sp³-hybridized carbons (Fsp3) is 0.0952. The molecule has 3 rings (SSSR count). The number of nitrogens with one attached hydrogen (secondary N) is 1. The molecule has 1 amide bonds. The molecule has 1 aromatic heterocycles. The Morgan fingerprint density at radius 3 is 2.73 bits per heavy atom. The van der Waals surface area contributed by atoms with E-state index >= 15 is 0 Å². The van der Waals surface area contributed by atoms with E-state index in [0.717, 1.165) is 5.56 Å². The zero-order valence-electron chi connectivity index (χ0n) is 15.4. The molecule has 3 aromatic rings. The molecular formula is C21H15F2N3O3S. The van der Waals surface area contributed by atoms with Gasteiger partial charge >= 0.3 is 6.61 Å². The number of halogens is 2. The number of hydrogen-bond donors (Lipinski definition) is 1. The number of aromatic nitrogens is 1. The molecule has 0 bridgehead atoms. The molecule has 0 aliphatic heterocycles. The normalized spacial score (nSPS) is 10.7. The number of alkyl halides is 2. The van der Waals surface area contributed by atoms with Crippen LogP contribution in [-0.2, 0) is 4.79 Å². The summed E-state index contributed by atoms with van der Waals surface area (Å²) in [6.07, 6.45) is 2.96. The van der Waals surface area contributed by atoms with Crippen molar-refractivity contribution in [2.75, 3.05) is 11.9 Å². The molecule has 30 heavy (non-hydrogen) atoms. The Labute approximate surface area is 175 Å². The van der Waals surface area contributed by atoms with Gasteiger partial charge in [0.25, 0.3) is 0 Å². The van der Waals surface area contributed by atoms with Crippen LogP contribution in [0.15, 0.2) is 60.0 Å². The zero-order chi connectivity index (χ0) is 21.3. The van der Waals surface area contributed by atoms with Crippen LogP contribution in [0.5, 0.6) is 11.5 Å². The quantitative estimate of drug-likeness (QED) is 0.514. The average molecular weight is 427 g/mol. The molecule has 0 saturated carbocycles. The highest BCUT2D eigenvalue weighted by molar-refractivity contribution is 7.14. The number of amides is 1. The number of rotatable bonds is 8. The summed E-state index contributed by atoms with van der Waals surface area (Å²) in [6.45, 7) is -2.98. The highest BCUT2D eigenvalue weighted by Crippen LogP contribution is 2.33. The third-order valence-electron chi connectivity index (χ3n) is 3.72. The van der Waals surface area contributed by atoms with Crippen LogP contribution in [0.1, 0.15) is 5.56 Å². The van der Waals surface area contributed by atoms with Gasteiger partial charge in [0.15, 0.2) is 11.7 Å². The Hall–Kier alpha value is -3.77. The number of hydrogen-bond acceptors (Lipinski definition) is 6. The minimum Gasteiger partial charge on any atom is -0.479 e. The first-order valence-corrected chi connectivity index (χ1v) is 9.52. The van der Waals surface area contributed by atoms with Crippen LogP contribution >= 0.6 is 11.3 Å². The standard InChI is InChI=1S/C21H15F2N3O3S/c22-20(23)29-18-4-2-1-3-16(18)17-13-30-21(25-17)26-19(27)10-7-14-5-8-15(9-6-14)28-12-11-24/h1-10,13,20H,12H2,(H,25,26,27)/b10-7+. The second-order valence-electron chi connectivity index (χ2n) is 5.75. The van der Waals surface area contributed by atoms with Crippen molar-refractivity contribution in [2.45, 2.75) is 6.61 Å². The van der Waals surface area contributed by atoms with Gasteiger partial charge in [-0.3, -0.25) is 10.1 Å². The number of thiazole rings is 1. The van der Waals surface area contributed by atoms with Crippen molar-refractivity contribution < 1.29 is 23.0 Å². The van der Waals surface area contributed by atoms with Gasteiger partial charge in [0.1, 0.15) is 17.6 Å². The molecular weight excluding hydrogens is 412 g/mol. The number of nitrogens with zero attached hydrogens (tertiary/aromatic N) is 2. The van der Waals surface area contributed by atoms with E-state index in [0.29, 0.717) is 22.1 Å². The number of carbonyl (C=O) groups is 1. The number of nitriles is 1. The molecule has 0 radical (unpaired) electrons. The number of ether oxygens (including phenoxy) is 2. The molecule has 152 valence electrons. The lowest BCUT2D eigenvalue weighted by Crippen LogP contribution is -2.07. The average Bonchev–Trinajstić information content (AvgIpc) is 3.19. The van der Waals surface area contributed by atoms with Crippen LogP contribution in [0, 0.1) is 11.3 Å². The first-order valence-electron chi connectivity index (χ1n) is 8.64. The van der Waals surface area contributed by atoms with Gasteiger partial charge in [-0.2, -0.15) is 14.0 Å². The highest BCUT2D eigenvalue weighted by atomic mass is 32.1. The lowest BCUT2D eigenvalue weighted by molar-refractivity contribution is -0.111. The fourth-order valence-electron chi connectivity index (χ4n) is 2.44. The first-order chi connectivity index (χ1) is 14.5. The zero-order valence-corrected chi connectivity index (χ0v) is 16.2. The summed E-state index contributed by atoms with van der Waals surface area (Å²) < 4.78 is 34.8. The maximum atomic E-state index is 12.6. The molecule has 0 saturated heterocycles. The van der Waals surface area contributed by atoms with Crippen LogP contribution in [0.2, 0.25) is 0 Å². The summed E-state index contributed by atoms with van der Waals surface area (Å²) in [5.41, 5.74) is 1.60. The number of anilines is 1. The third kappa shape index (κ3) is 5.86. The first kappa shape index (κ1) is 21.0. The lowest BCUT2D eigenvalue weighted by Gasteiger charge is -2.08. The summed E-state index contributed by atoms with van der Waals surface area (Å²) in [6, 6.07) is 15.1. The minimum atomic E-state index is -2.94. The van der Waals surface area contributed by atoms with Gasteiger partial charge in [-0.05, 0) is 35.9 Å². The van der Waals surface area contributed by atoms with E-state index in [4.69, 9.17) is 10.00 Å². The van der Waals surface area contributed by atoms with Crippen molar-refractivity contribution >= 4 is 28.5 Å². The van der Waals surface area contributed by atoms with Gasteiger partial charge in [-0.15, -0.1) is 11.3 Å². The molecule has 9 heteroatoms. The van der Waals surface area contributed by atoms with Crippen molar-refractivity contribution in [3.63, 3.8) is 0 Å². The molecule has 6 nitrogen and oxygen atoms in total. The van der Waals surface area contributed by atoms with Gasteiger partial charge in [-0.25, -0.2) is 4.98 Å². The van der Waals surface area contributed by atoms with E-state index in [1.54, 1.807) is 53.9 Å². The summed E-state index contributed by atoms with van der Waals surface area (Å²) in [4.78, 5) is 16.4. The minimum absolute atomic E-state index is 0.0118. The summed E-state index contributed by atoms with van der Waals surface area (Å²) in [5, 5.41) is 13.1. The number of carbonyl (C=O) groups excluding carboxylic acids is 1. The van der Waals surface area contributed by atoms with Crippen molar-refractivity contribution in [2.24, 2.45) is 0 Å². The Bertz CT molecular complexity index is 1080. The molecule has 0 spiro atoms. The van der Waals surface area contributed by atoms with Crippen molar-refractivity contribution in [1.29, 1.82) is 5.26 Å². The van der Waals surface area contributed by atoms with E-state index in [1.165, 1.54) is 23.5 Å². The maximum Gasteiger partial charge on any atom is 0.387 e. The van der Waals surface area contributed by atoms with E-state index in [-0.39, 0.29) is 12.4 Å². The van der Waals surface area contributed by atoms with Crippen LogP contribution < -0.4 is 14.8 Å². The van der Waals surface area contributed by atoms with E-state index in [1.807, 2.05) is 6.07 Å². The summed E-state index contributed by atoms with van der Waals surface area (Å²) in [5.74, 6) is 0.181. The van der Waals surface area contributed by atoms with E-state index in [2.05, 4.69) is 15.0 Å². The largest absolute Gasteiger partial charge is 0.479 e. The van der Waals surface area contributed by atoms with Crippen LogP contribution in [0.25, 0.3) is 17.3 Å². The molecule has 1 N–H and O–H groups in total. The Morgan fingerprint density at radius 1 is 1.23 bits per heavy atom. The summed E-state index contributed by atoms with van der Waals surface area (Å²) >= 11 is 1.17.